The number of carbonyl (C=O) groups excluding carboxylic acids is 3. The summed E-state index contributed by atoms with van der Waals surface area (Å²) in [6.45, 7) is 3.85. The van der Waals surface area contributed by atoms with Gasteiger partial charge in [-0.05, 0) is 30.8 Å². The molecule has 0 aliphatic carbocycles. The molecule has 6 N–H and O–H groups in total. The van der Waals surface area contributed by atoms with Crippen molar-refractivity contribution in [3.8, 4) is 0 Å². The third kappa shape index (κ3) is 11.0. The highest BCUT2D eigenvalue weighted by Gasteiger charge is 2.29. The predicted octanol–water partition coefficient (Wildman–Crippen LogP) is -0.488. The number of nitrogens with one attached hydrogen (secondary N) is 3. The van der Waals surface area contributed by atoms with E-state index in [1.165, 1.54) is 11.8 Å². The predicted molar refractivity (Wildman–Crippen MR) is 122 cm³/mol. The number of aliphatic carboxylic acids is 1. The van der Waals surface area contributed by atoms with Crippen LogP contribution in [0.1, 0.15) is 26.7 Å². The zero-order valence-corrected chi connectivity index (χ0v) is 19.5. The van der Waals surface area contributed by atoms with Crippen molar-refractivity contribution >= 4 is 60.7 Å². The van der Waals surface area contributed by atoms with Gasteiger partial charge >= 0.3 is 5.97 Å². The second kappa shape index (κ2) is 14.8. The number of rotatable bonds is 14. The summed E-state index contributed by atoms with van der Waals surface area (Å²) in [6.07, 6.45) is 2.54. The first-order chi connectivity index (χ1) is 13.6. The molecule has 0 spiro atoms. The minimum atomic E-state index is -1.16. The maximum atomic E-state index is 12.5. The lowest BCUT2D eigenvalue weighted by Gasteiger charge is -2.24. The van der Waals surface area contributed by atoms with Crippen molar-refractivity contribution in [2.24, 2.45) is 11.7 Å². The Labute approximate surface area is 186 Å². The van der Waals surface area contributed by atoms with Crippen molar-refractivity contribution in [1.82, 2.24) is 16.0 Å². The second-order valence-electron chi connectivity index (χ2n) is 6.90. The van der Waals surface area contributed by atoms with Crippen LogP contribution < -0.4 is 21.7 Å². The van der Waals surface area contributed by atoms with Crippen LogP contribution in [-0.4, -0.2) is 76.5 Å². The fourth-order valence-electron chi connectivity index (χ4n) is 2.32. The lowest BCUT2D eigenvalue weighted by Crippen LogP contribution is -2.58. The summed E-state index contributed by atoms with van der Waals surface area (Å²) < 4.78 is 0. The largest absolute Gasteiger partial charge is 0.480 e. The number of thioether (sulfide) groups is 1. The number of amides is 3. The molecule has 3 amide bonds. The summed E-state index contributed by atoms with van der Waals surface area (Å²) in [6, 6.07) is -3.89. The zero-order chi connectivity index (χ0) is 22.6. The average molecular weight is 469 g/mol. The van der Waals surface area contributed by atoms with Gasteiger partial charge in [-0.2, -0.15) is 37.0 Å². The van der Waals surface area contributed by atoms with Crippen LogP contribution in [0.4, 0.5) is 0 Å². The molecule has 0 saturated carbocycles. The molecule has 168 valence electrons. The second-order valence-corrected chi connectivity index (χ2v) is 8.62. The first-order valence-corrected chi connectivity index (χ1v) is 11.8. The minimum absolute atomic E-state index is 0.00163. The van der Waals surface area contributed by atoms with E-state index in [1.54, 1.807) is 0 Å². The summed E-state index contributed by atoms with van der Waals surface area (Å²) in [5.74, 6) is -2.22. The molecular formula is C17H32N4O5S3. The van der Waals surface area contributed by atoms with Crippen molar-refractivity contribution in [2.75, 3.05) is 23.5 Å². The lowest BCUT2D eigenvalue weighted by molar-refractivity contribution is -0.142. The van der Waals surface area contributed by atoms with Crippen molar-refractivity contribution in [3.05, 3.63) is 0 Å². The molecule has 0 rings (SSSR count). The van der Waals surface area contributed by atoms with E-state index in [2.05, 4.69) is 41.2 Å². The Hall–Kier alpha value is -1.11. The molecule has 0 radical (unpaired) electrons. The van der Waals surface area contributed by atoms with Gasteiger partial charge in [-0.25, -0.2) is 4.79 Å². The maximum absolute atomic E-state index is 12.5. The van der Waals surface area contributed by atoms with Gasteiger partial charge in [0.05, 0.1) is 6.04 Å². The van der Waals surface area contributed by atoms with E-state index in [4.69, 9.17) is 5.73 Å². The van der Waals surface area contributed by atoms with Crippen LogP contribution in [0.5, 0.6) is 0 Å². The number of carbonyl (C=O) groups is 4. The van der Waals surface area contributed by atoms with E-state index >= 15 is 0 Å². The van der Waals surface area contributed by atoms with Gasteiger partial charge in [-0.1, -0.05) is 13.8 Å². The standard InChI is InChI=1S/C17H32N4O5S3/c1-9(2)6-10(18)14(22)20-12(7-27)16(24)21-13(8-28)15(23)19-11(17(25)26)4-5-29-3/h9-13,27-28H,4-8,18H2,1-3H3,(H,19,23)(H,20,22)(H,21,24)(H,25,26). The molecule has 4 atom stereocenters. The third-order valence-corrected chi connectivity index (χ3v) is 5.29. The van der Waals surface area contributed by atoms with E-state index < -0.39 is 47.9 Å². The van der Waals surface area contributed by atoms with Crippen LogP contribution in [0, 0.1) is 5.92 Å². The van der Waals surface area contributed by atoms with Crippen LogP contribution in [-0.2, 0) is 19.2 Å². The summed E-state index contributed by atoms with van der Waals surface area (Å²) in [4.78, 5) is 48.3. The van der Waals surface area contributed by atoms with Crippen LogP contribution in [0.2, 0.25) is 0 Å². The first-order valence-electron chi connectivity index (χ1n) is 9.17. The number of hydrogen-bond acceptors (Lipinski definition) is 8. The van der Waals surface area contributed by atoms with Gasteiger partial charge in [0.2, 0.25) is 17.7 Å². The van der Waals surface area contributed by atoms with Gasteiger partial charge in [0.15, 0.2) is 0 Å². The highest BCUT2D eigenvalue weighted by Crippen LogP contribution is 2.04. The first kappa shape index (κ1) is 27.9. The van der Waals surface area contributed by atoms with Crippen molar-refractivity contribution < 1.29 is 24.3 Å². The molecular weight excluding hydrogens is 436 g/mol. The number of hydrogen-bond donors (Lipinski definition) is 7. The Bertz CT molecular complexity index is 565. The highest BCUT2D eigenvalue weighted by molar-refractivity contribution is 7.98. The van der Waals surface area contributed by atoms with Crippen LogP contribution in [0.25, 0.3) is 0 Å². The Balaban J connectivity index is 4.93. The zero-order valence-electron chi connectivity index (χ0n) is 16.9. The quantitative estimate of drug-likeness (QED) is 0.170. The van der Waals surface area contributed by atoms with Gasteiger partial charge in [0, 0.05) is 11.5 Å². The molecule has 0 bridgehead atoms. The Morgan fingerprint density at radius 1 is 0.931 bits per heavy atom. The van der Waals surface area contributed by atoms with Crippen LogP contribution >= 0.6 is 37.0 Å². The van der Waals surface area contributed by atoms with E-state index in [9.17, 15) is 24.3 Å². The summed E-state index contributed by atoms with van der Waals surface area (Å²) in [5, 5.41) is 16.6. The van der Waals surface area contributed by atoms with Crippen molar-refractivity contribution in [3.63, 3.8) is 0 Å². The van der Waals surface area contributed by atoms with Gasteiger partial charge in [0.25, 0.3) is 0 Å². The lowest BCUT2D eigenvalue weighted by atomic mass is 10.0. The van der Waals surface area contributed by atoms with Crippen molar-refractivity contribution in [2.45, 2.75) is 50.9 Å². The molecule has 0 aromatic carbocycles. The molecule has 0 saturated heterocycles. The summed E-state index contributed by atoms with van der Waals surface area (Å²) >= 11 is 9.59. The maximum Gasteiger partial charge on any atom is 0.326 e. The smallest absolute Gasteiger partial charge is 0.326 e. The molecule has 0 aromatic rings. The molecule has 12 heteroatoms. The van der Waals surface area contributed by atoms with Gasteiger partial charge in [0.1, 0.15) is 18.1 Å². The van der Waals surface area contributed by atoms with Gasteiger partial charge in [-0.15, -0.1) is 0 Å². The summed E-state index contributed by atoms with van der Waals surface area (Å²) in [5.41, 5.74) is 5.82. The monoisotopic (exact) mass is 468 g/mol. The molecule has 0 aromatic heterocycles. The number of nitrogens with two attached hydrogens (primary N) is 1. The molecule has 9 nitrogen and oxygen atoms in total. The minimum Gasteiger partial charge on any atom is -0.480 e. The molecule has 0 aliphatic heterocycles. The number of carboxylic acids is 1. The fraction of sp³-hybridized carbons (Fsp3) is 0.765. The van der Waals surface area contributed by atoms with Gasteiger partial charge < -0.3 is 26.8 Å². The number of thiol groups is 2. The Morgan fingerprint density at radius 3 is 1.76 bits per heavy atom. The van der Waals surface area contributed by atoms with Crippen LogP contribution in [0.15, 0.2) is 0 Å². The van der Waals surface area contributed by atoms with E-state index in [0.717, 1.165) is 0 Å². The van der Waals surface area contributed by atoms with E-state index in [0.29, 0.717) is 12.2 Å². The number of carboxylic acid groups (broad SMARTS) is 1. The highest BCUT2D eigenvalue weighted by atomic mass is 32.2. The molecule has 4 unspecified atom stereocenters. The molecule has 0 fully saturated rings. The Morgan fingerprint density at radius 2 is 1.38 bits per heavy atom. The van der Waals surface area contributed by atoms with Gasteiger partial charge in [-0.3, -0.25) is 14.4 Å². The fourth-order valence-corrected chi connectivity index (χ4v) is 3.31. The topological polar surface area (TPSA) is 151 Å². The van der Waals surface area contributed by atoms with E-state index in [-0.39, 0.29) is 23.8 Å². The third-order valence-electron chi connectivity index (χ3n) is 3.92. The Kier molecular flexibility index (Phi) is 14.2. The van der Waals surface area contributed by atoms with Crippen molar-refractivity contribution in [1.29, 1.82) is 0 Å². The van der Waals surface area contributed by atoms with E-state index in [1.807, 2.05) is 20.1 Å². The molecule has 29 heavy (non-hydrogen) atoms. The van der Waals surface area contributed by atoms with Crippen LogP contribution in [0.3, 0.4) is 0 Å². The normalized spacial score (nSPS) is 15.1. The SMILES string of the molecule is CSCCC(NC(=O)C(CS)NC(=O)C(CS)NC(=O)C(N)CC(C)C)C(=O)O. The summed E-state index contributed by atoms with van der Waals surface area (Å²) in [7, 11) is 0. The average Bonchev–Trinajstić information content (AvgIpc) is 2.65. The molecule has 0 heterocycles. The molecule has 0 aliphatic rings.